The van der Waals surface area contributed by atoms with Gasteiger partial charge in [-0.2, -0.15) is 0 Å². The van der Waals surface area contributed by atoms with Gasteiger partial charge in [0.15, 0.2) is 11.4 Å². The number of pyridine rings is 1. The van der Waals surface area contributed by atoms with E-state index in [4.69, 9.17) is 4.74 Å². The molecule has 0 saturated carbocycles. The molecule has 0 spiro atoms. The van der Waals surface area contributed by atoms with Crippen molar-refractivity contribution in [3.63, 3.8) is 0 Å². The minimum atomic E-state index is -1.64. The monoisotopic (exact) mass is 309 g/mol. The van der Waals surface area contributed by atoms with Crippen molar-refractivity contribution in [1.82, 2.24) is 4.98 Å². The van der Waals surface area contributed by atoms with E-state index in [-0.39, 0.29) is 11.6 Å². The second kappa shape index (κ2) is 4.65. The summed E-state index contributed by atoms with van der Waals surface area (Å²) in [6.45, 7) is 5.62. The van der Waals surface area contributed by atoms with Crippen molar-refractivity contribution in [3.05, 3.63) is 22.2 Å². The van der Waals surface area contributed by atoms with Gasteiger partial charge in [-0.15, -0.1) is 0 Å². The zero-order chi connectivity index (χ0) is 16.9. The summed E-state index contributed by atoms with van der Waals surface area (Å²) in [6, 6.07) is 2.44. The highest BCUT2D eigenvalue weighted by atomic mass is 16.6. The molecule has 0 aliphatic carbocycles. The van der Waals surface area contributed by atoms with Gasteiger partial charge in [-0.05, 0) is 43.7 Å². The predicted octanol–water partition coefficient (Wildman–Crippen LogP) is 1.36. The number of carbonyl (C=O) groups is 2. The normalized spacial score (nSPS) is 16.7. The van der Waals surface area contributed by atoms with E-state index in [1.54, 1.807) is 0 Å². The molecule has 1 aromatic heterocycles. The van der Waals surface area contributed by atoms with E-state index in [1.807, 2.05) is 0 Å². The number of ether oxygens (including phenoxy) is 1. The number of carboxylic acids is 1. The average molecular weight is 309 g/mol. The van der Waals surface area contributed by atoms with E-state index in [0.29, 0.717) is 0 Å². The molecule has 22 heavy (non-hydrogen) atoms. The number of aliphatic carboxylic acids is 1. The van der Waals surface area contributed by atoms with Gasteiger partial charge in [-0.25, -0.2) is 4.79 Å². The lowest BCUT2D eigenvalue weighted by Gasteiger charge is -2.41. The molecule has 1 amide bonds. The lowest BCUT2D eigenvalue weighted by molar-refractivity contribution is -0.389. The fraction of sp³-hybridized carbons (Fsp3) is 0.462. The van der Waals surface area contributed by atoms with Gasteiger partial charge in [0.05, 0.1) is 0 Å². The van der Waals surface area contributed by atoms with Crippen LogP contribution in [0.3, 0.4) is 0 Å². The number of carbonyl (C=O) groups excluding carboxylic acids is 1. The van der Waals surface area contributed by atoms with Gasteiger partial charge in [0, 0.05) is 6.07 Å². The first-order valence-corrected chi connectivity index (χ1v) is 6.41. The van der Waals surface area contributed by atoms with Crippen LogP contribution in [0.1, 0.15) is 27.7 Å². The van der Waals surface area contributed by atoms with Crippen molar-refractivity contribution in [2.45, 2.75) is 38.8 Å². The van der Waals surface area contributed by atoms with Gasteiger partial charge in [0.2, 0.25) is 0 Å². The molecule has 9 heteroatoms. The molecule has 0 saturated heterocycles. The highest BCUT2D eigenvalue weighted by Gasteiger charge is 2.52. The Balaban J connectivity index is 2.71. The topological polar surface area (TPSA) is 123 Å². The number of anilines is 1. The molecule has 0 atom stereocenters. The molecule has 9 nitrogen and oxygen atoms in total. The van der Waals surface area contributed by atoms with Crippen LogP contribution in [0.5, 0.6) is 5.75 Å². The van der Waals surface area contributed by atoms with Crippen LogP contribution < -0.4 is 9.64 Å². The van der Waals surface area contributed by atoms with Crippen molar-refractivity contribution in [3.8, 4) is 5.75 Å². The highest BCUT2D eigenvalue weighted by Crippen LogP contribution is 2.41. The SMILES string of the molecule is CC1(C)Oc2ccc([N+](=O)[O-])nc2N(C(C)(C)C(=O)O)C1=O. The van der Waals surface area contributed by atoms with Gasteiger partial charge in [-0.1, -0.05) is 0 Å². The third kappa shape index (κ3) is 2.24. The first-order chi connectivity index (χ1) is 9.98. The number of nitrogens with zero attached hydrogens (tertiary/aromatic N) is 3. The molecule has 1 N–H and O–H groups in total. The minimum Gasteiger partial charge on any atom is -0.480 e. The van der Waals surface area contributed by atoms with E-state index in [9.17, 15) is 24.8 Å². The Morgan fingerprint density at radius 1 is 1.45 bits per heavy atom. The summed E-state index contributed by atoms with van der Waals surface area (Å²) in [7, 11) is 0. The molecule has 1 aromatic rings. The summed E-state index contributed by atoms with van der Waals surface area (Å²) in [5, 5.41) is 20.3. The van der Waals surface area contributed by atoms with Crippen LogP contribution in [-0.2, 0) is 9.59 Å². The third-order valence-corrected chi connectivity index (χ3v) is 3.39. The maximum absolute atomic E-state index is 12.6. The maximum Gasteiger partial charge on any atom is 0.366 e. The fourth-order valence-electron chi connectivity index (χ4n) is 2.07. The Bertz CT molecular complexity index is 682. The fourth-order valence-corrected chi connectivity index (χ4v) is 2.07. The second-order valence-corrected chi connectivity index (χ2v) is 5.87. The Hall–Kier alpha value is -2.71. The lowest BCUT2D eigenvalue weighted by Crippen LogP contribution is -2.62. The van der Waals surface area contributed by atoms with E-state index in [0.717, 1.165) is 11.0 Å². The minimum absolute atomic E-state index is 0.115. The van der Waals surface area contributed by atoms with E-state index < -0.39 is 33.8 Å². The molecule has 2 rings (SSSR count). The molecule has 118 valence electrons. The number of rotatable bonds is 3. The van der Waals surface area contributed by atoms with E-state index >= 15 is 0 Å². The highest BCUT2D eigenvalue weighted by molar-refractivity contribution is 6.06. The number of hydrogen-bond acceptors (Lipinski definition) is 6. The van der Waals surface area contributed by atoms with Crippen molar-refractivity contribution in [1.29, 1.82) is 0 Å². The number of nitro groups is 1. The Labute approximate surface area is 125 Å². The summed E-state index contributed by atoms with van der Waals surface area (Å²) in [6.07, 6.45) is 0. The number of fused-ring (bicyclic) bond motifs is 1. The van der Waals surface area contributed by atoms with Crippen LogP contribution in [0.4, 0.5) is 11.6 Å². The molecule has 2 heterocycles. The molecule has 0 fully saturated rings. The predicted molar refractivity (Wildman–Crippen MR) is 74.8 cm³/mol. The summed E-state index contributed by atoms with van der Waals surface area (Å²) in [5.41, 5.74) is -2.95. The van der Waals surface area contributed by atoms with Gasteiger partial charge in [-0.3, -0.25) is 9.69 Å². The van der Waals surface area contributed by atoms with Crippen LogP contribution in [-0.4, -0.2) is 38.0 Å². The maximum atomic E-state index is 12.6. The van der Waals surface area contributed by atoms with E-state index in [1.165, 1.54) is 33.8 Å². The largest absolute Gasteiger partial charge is 0.480 e. The van der Waals surface area contributed by atoms with Crippen molar-refractivity contribution < 1.29 is 24.4 Å². The van der Waals surface area contributed by atoms with Crippen LogP contribution in [0.25, 0.3) is 0 Å². The van der Waals surface area contributed by atoms with Crippen LogP contribution in [0, 0.1) is 10.1 Å². The summed E-state index contributed by atoms with van der Waals surface area (Å²) in [5.74, 6) is -2.46. The van der Waals surface area contributed by atoms with Crippen molar-refractivity contribution in [2.75, 3.05) is 4.90 Å². The Morgan fingerprint density at radius 2 is 2.05 bits per heavy atom. The van der Waals surface area contributed by atoms with Crippen LogP contribution >= 0.6 is 0 Å². The molecular weight excluding hydrogens is 294 g/mol. The molecule has 0 bridgehead atoms. The molecule has 0 radical (unpaired) electrons. The number of amides is 1. The zero-order valence-corrected chi connectivity index (χ0v) is 12.5. The van der Waals surface area contributed by atoms with Gasteiger partial charge >= 0.3 is 11.8 Å². The number of aromatic nitrogens is 1. The molecule has 0 unspecified atom stereocenters. The van der Waals surface area contributed by atoms with E-state index in [2.05, 4.69) is 4.98 Å². The van der Waals surface area contributed by atoms with Gasteiger partial charge < -0.3 is 20.0 Å². The van der Waals surface area contributed by atoms with Crippen molar-refractivity contribution in [2.24, 2.45) is 0 Å². The van der Waals surface area contributed by atoms with Crippen molar-refractivity contribution >= 4 is 23.5 Å². The van der Waals surface area contributed by atoms with Gasteiger partial charge in [0.25, 0.3) is 11.7 Å². The molecule has 0 aromatic carbocycles. The third-order valence-electron chi connectivity index (χ3n) is 3.39. The summed E-state index contributed by atoms with van der Waals surface area (Å²) < 4.78 is 5.50. The molecule has 1 aliphatic rings. The Morgan fingerprint density at radius 3 is 2.55 bits per heavy atom. The zero-order valence-electron chi connectivity index (χ0n) is 12.5. The quantitative estimate of drug-likeness (QED) is 0.660. The molecule has 1 aliphatic heterocycles. The smallest absolute Gasteiger partial charge is 0.366 e. The van der Waals surface area contributed by atoms with Gasteiger partial charge in [0.1, 0.15) is 5.54 Å². The average Bonchev–Trinajstić information content (AvgIpc) is 2.38. The van der Waals surface area contributed by atoms with Crippen LogP contribution in [0.2, 0.25) is 0 Å². The molecular formula is C13H15N3O6. The number of carboxylic acid groups (broad SMARTS) is 1. The first kappa shape index (κ1) is 15.7. The number of hydrogen-bond donors (Lipinski definition) is 1. The second-order valence-electron chi connectivity index (χ2n) is 5.87. The summed E-state index contributed by atoms with van der Waals surface area (Å²) >= 11 is 0. The lowest BCUT2D eigenvalue weighted by atomic mass is 9.96. The first-order valence-electron chi connectivity index (χ1n) is 6.41. The standard InChI is InChI=1S/C13H15N3O6/c1-12(2,11(18)19)15-9-7(22-13(3,4)10(15)17)5-6-8(14-9)16(20)21/h5-6H,1-4H3,(H,18,19). The Kier molecular flexibility index (Phi) is 3.31. The van der Waals surface area contributed by atoms with Crippen LogP contribution in [0.15, 0.2) is 12.1 Å². The summed E-state index contributed by atoms with van der Waals surface area (Å²) in [4.78, 5) is 38.9.